The van der Waals surface area contributed by atoms with Crippen LogP contribution in [0.2, 0.25) is 0 Å². The number of sulfone groups is 1. The zero-order valence-corrected chi connectivity index (χ0v) is 13.7. The highest BCUT2D eigenvalue weighted by atomic mass is 32.2. The van der Waals surface area contributed by atoms with Gasteiger partial charge in [0.1, 0.15) is 5.69 Å². The lowest BCUT2D eigenvalue weighted by molar-refractivity contribution is 0.445. The van der Waals surface area contributed by atoms with Crippen molar-refractivity contribution in [3.63, 3.8) is 0 Å². The van der Waals surface area contributed by atoms with Crippen molar-refractivity contribution in [1.82, 2.24) is 9.36 Å². The van der Waals surface area contributed by atoms with Crippen LogP contribution < -0.4 is 11.3 Å². The second kappa shape index (κ2) is 6.25. The first kappa shape index (κ1) is 16.1. The molecule has 0 bridgehead atoms. The zero-order valence-electron chi connectivity index (χ0n) is 12.8. The van der Waals surface area contributed by atoms with Gasteiger partial charge in [0.05, 0.1) is 18.0 Å². The second-order valence-corrected chi connectivity index (χ2v) is 8.13. The number of nitrogen functional groups attached to an aromatic ring is 1. The van der Waals surface area contributed by atoms with Crippen LogP contribution in [0.4, 0.5) is 5.69 Å². The fraction of sp³-hybridized carbons (Fsp3) is 0.786. The molecule has 0 radical (unpaired) electrons. The Balaban J connectivity index is 2.37. The predicted molar refractivity (Wildman–Crippen MR) is 84.3 cm³/mol. The SMILES string of the molecule is CCn1c(C2CCCC2)c(N)c(=O)n1CCS(=O)(=O)CC. The Hall–Kier alpha value is -1.24. The minimum atomic E-state index is -3.10. The van der Waals surface area contributed by atoms with E-state index in [2.05, 4.69) is 0 Å². The van der Waals surface area contributed by atoms with Crippen LogP contribution in [0.3, 0.4) is 0 Å². The van der Waals surface area contributed by atoms with E-state index in [4.69, 9.17) is 5.73 Å². The van der Waals surface area contributed by atoms with Crippen molar-refractivity contribution in [1.29, 1.82) is 0 Å². The molecule has 0 saturated heterocycles. The Bertz CT molecular complexity index is 652. The Kier molecular flexibility index (Phi) is 4.81. The van der Waals surface area contributed by atoms with E-state index in [1.165, 1.54) is 4.68 Å². The Morgan fingerprint density at radius 1 is 1.19 bits per heavy atom. The Labute approximate surface area is 125 Å². The molecule has 120 valence electrons. The molecule has 1 saturated carbocycles. The summed E-state index contributed by atoms with van der Waals surface area (Å²) in [5, 5.41) is 0. The van der Waals surface area contributed by atoms with E-state index in [0.717, 1.165) is 31.4 Å². The number of hydrogen-bond acceptors (Lipinski definition) is 4. The van der Waals surface area contributed by atoms with E-state index in [0.29, 0.717) is 18.2 Å². The summed E-state index contributed by atoms with van der Waals surface area (Å²) < 4.78 is 26.7. The summed E-state index contributed by atoms with van der Waals surface area (Å²) in [7, 11) is -3.10. The molecule has 2 N–H and O–H groups in total. The first-order chi connectivity index (χ1) is 9.91. The van der Waals surface area contributed by atoms with Crippen LogP contribution in [-0.2, 0) is 22.9 Å². The van der Waals surface area contributed by atoms with Crippen LogP contribution in [0, 0.1) is 0 Å². The Morgan fingerprint density at radius 3 is 2.33 bits per heavy atom. The van der Waals surface area contributed by atoms with Crippen molar-refractivity contribution < 1.29 is 8.42 Å². The van der Waals surface area contributed by atoms with Crippen molar-refractivity contribution in [2.24, 2.45) is 0 Å². The van der Waals surface area contributed by atoms with E-state index >= 15 is 0 Å². The fourth-order valence-electron chi connectivity index (χ4n) is 3.19. The molecular formula is C14H25N3O3S. The standard InChI is InChI=1S/C14H25N3O3S/c1-3-16-13(11-7-5-6-8-11)12(15)14(18)17(16)9-10-21(19,20)4-2/h11H,3-10,15H2,1-2H3. The van der Waals surface area contributed by atoms with E-state index in [1.807, 2.05) is 11.6 Å². The second-order valence-electron chi connectivity index (χ2n) is 5.66. The molecule has 0 unspecified atom stereocenters. The van der Waals surface area contributed by atoms with E-state index in [9.17, 15) is 13.2 Å². The molecule has 21 heavy (non-hydrogen) atoms. The minimum Gasteiger partial charge on any atom is -0.393 e. The molecule has 0 aromatic carbocycles. The first-order valence-corrected chi connectivity index (χ1v) is 9.52. The van der Waals surface area contributed by atoms with Gasteiger partial charge >= 0.3 is 0 Å². The van der Waals surface area contributed by atoms with Crippen LogP contribution in [-0.4, -0.2) is 29.3 Å². The average Bonchev–Trinajstić information content (AvgIpc) is 3.05. The summed E-state index contributed by atoms with van der Waals surface area (Å²) in [6, 6.07) is 0. The van der Waals surface area contributed by atoms with Gasteiger partial charge in [-0.1, -0.05) is 19.8 Å². The van der Waals surface area contributed by atoms with Gasteiger partial charge in [-0.25, -0.2) is 13.1 Å². The van der Waals surface area contributed by atoms with Gasteiger partial charge < -0.3 is 5.73 Å². The zero-order chi connectivity index (χ0) is 15.6. The summed E-state index contributed by atoms with van der Waals surface area (Å²) in [5.74, 6) is 0.415. The van der Waals surface area contributed by atoms with Crippen LogP contribution in [0.5, 0.6) is 0 Å². The largest absolute Gasteiger partial charge is 0.393 e. The van der Waals surface area contributed by atoms with Crippen LogP contribution in [0.15, 0.2) is 4.79 Å². The number of hydrogen-bond donors (Lipinski definition) is 1. The number of nitrogens with two attached hydrogens (primary N) is 1. The Morgan fingerprint density at radius 2 is 1.81 bits per heavy atom. The van der Waals surface area contributed by atoms with Gasteiger partial charge in [-0.2, -0.15) is 0 Å². The first-order valence-electron chi connectivity index (χ1n) is 7.70. The maximum Gasteiger partial charge on any atom is 0.290 e. The predicted octanol–water partition coefficient (Wildman–Crippen LogP) is 1.34. The molecule has 0 atom stereocenters. The third-order valence-corrected chi connectivity index (χ3v) is 6.09. The maximum atomic E-state index is 12.4. The van der Waals surface area contributed by atoms with Gasteiger partial charge in [-0.05, 0) is 19.8 Å². The van der Waals surface area contributed by atoms with Crippen LogP contribution >= 0.6 is 0 Å². The molecule has 1 aliphatic rings. The van der Waals surface area contributed by atoms with Crippen molar-refractivity contribution in [2.75, 3.05) is 17.2 Å². The summed E-state index contributed by atoms with van der Waals surface area (Å²) in [5.41, 5.74) is 7.00. The van der Waals surface area contributed by atoms with Crippen LogP contribution in [0.25, 0.3) is 0 Å². The average molecular weight is 315 g/mol. The fourth-order valence-corrected chi connectivity index (χ4v) is 3.93. The third kappa shape index (κ3) is 3.17. The molecule has 0 spiro atoms. The van der Waals surface area contributed by atoms with Gasteiger partial charge in [0, 0.05) is 18.2 Å². The molecule has 1 aromatic heterocycles. The van der Waals surface area contributed by atoms with Crippen molar-refractivity contribution >= 4 is 15.5 Å². The van der Waals surface area contributed by atoms with Crippen molar-refractivity contribution in [3.05, 3.63) is 16.0 Å². The smallest absolute Gasteiger partial charge is 0.290 e. The van der Waals surface area contributed by atoms with Gasteiger partial charge in [0.25, 0.3) is 5.56 Å². The number of anilines is 1. The topological polar surface area (TPSA) is 87.1 Å². The monoisotopic (exact) mass is 315 g/mol. The van der Waals surface area contributed by atoms with Gasteiger partial charge in [-0.3, -0.25) is 9.48 Å². The molecule has 1 aliphatic carbocycles. The summed E-state index contributed by atoms with van der Waals surface area (Å²) in [6.45, 7) is 4.39. The van der Waals surface area contributed by atoms with E-state index < -0.39 is 9.84 Å². The number of rotatable bonds is 6. The summed E-state index contributed by atoms with van der Waals surface area (Å²) in [4.78, 5) is 12.4. The summed E-state index contributed by atoms with van der Waals surface area (Å²) >= 11 is 0. The molecule has 2 rings (SSSR count). The van der Waals surface area contributed by atoms with Gasteiger partial charge in [0.15, 0.2) is 9.84 Å². The quantitative estimate of drug-likeness (QED) is 0.858. The molecular weight excluding hydrogens is 290 g/mol. The molecule has 6 nitrogen and oxygen atoms in total. The van der Waals surface area contributed by atoms with E-state index in [-0.39, 0.29) is 23.6 Å². The maximum absolute atomic E-state index is 12.4. The molecule has 0 aliphatic heterocycles. The molecule has 7 heteroatoms. The lowest BCUT2D eigenvalue weighted by Crippen LogP contribution is -2.28. The van der Waals surface area contributed by atoms with Gasteiger partial charge in [0.2, 0.25) is 0 Å². The normalized spacial score (nSPS) is 16.7. The lowest BCUT2D eigenvalue weighted by atomic mass is 10.0. The highest BCUT2D eigenvalue weighted by Crippen LogP contribution is 2.36. The van der Waals surface area contributed by atoms with Gasteiger partial charge in [-0.15, -0.1) is 0 Å². The van der Waals surface area contributed by atoms with Crippen molar-refractivity contribution in [2.45, 2.75) is 58.5 Å². The number of nitrogens with zero attached hydrogens (tertiary/aromatic N) is 2. The lowest BCUT2D eigenvalue weighted by Gasteiger charge is -2.16. The van der Waals surface area contributed by atoms with E-state index in [1.54, 1.807) is 6.92 Å². The molecule has 1 aromatic rings. The summed E-state index contributed by atoms with van der Waals surface area (Å²) in [6.07, 6.45) is 4.44. The molecule has 1 fully saturated rings. The third-order valence-electron chi connectivity index (χ3n) is 4.41. The van der Waals surface area contributed by atoms with Crippen LogP contribution in [0.1, 0.15) is 51.1 Å². The number of aromatic nitrogens is 2. The molecule has 1 heterocycles. The highest BCUT2D eigenvalue weighted by Gasteiger charge is 2.27. The highest BCUT2D eigenvalue weighted by molar-refractivity contribution is 7.91. The van der Waals surface area contributed by atoms with Crippen molar-refractivity contribution in [3.8, 4) is 0 Å². The minimum absolute atomic E-state index is 0.0169. The molecule has 0 amide bonds.